The minimum Gasteiger partial charge on any atom is -0.380 e. The monoisotopic (exact) mass is 394 g/mol. The van der Waals surface area contributed by atoms with Crippen LogP contribution in [0.4, 0.5) is 11.4 Å². The van der Waals surface area contributed by atoms with E-state index in [1.807, 2.05) is 12.1 Å². The summed E-state index contributed by atoms with van der Waals surface area (Å²) in [6.45, 7) is 1.97. The molecule has 0 unspecified atom stereocenters. The third-order valence-corrected chi connectivity index (χ3v) is 4.87. The standard InChI is InChI=1S/C16H16Br2N2/c1-20-7-6-12-8-11(2-5-16(12)20)10-19-15-9-13(17)3-4-14(15)18/h2-5,8-9,19H,6-7,10H2,1H3. The van der Waals surface area contributed by atoms with Crippen LogP contribution in [0.1, 0.15) is 11.1 Å². The molecule has 2 aromatic carbocycles. The molecule has 1 N–H and O–H groups in total. The molecule has 104 valence electrons. The topological polar surface area (TPSA) is 15.3 Å². The van der Waals surface area contributed by atoms with Crippen molar-refractivity contribution in [2.24, 2.45) is 0 Å². The molecule has 0 aromatic heterocycles. The van der Waals surface area contributed by atoms with Crippen molar-refractivity contribution in [1.29, 1.82) is 0 Å². The third kappa shape index (κ3) is 2.86. The predicted octanol–water partition coefficient (Wildman–Crippen LogP) is 4.82. The van der Waals surface area contributed by atoms with E-state index in [1.165, 1.54) is 16.8 Å². The summed E-state index contributed by atoms with van der Waals surface area (Å²) in [5.41, 5.74) is 5.26. The number of halogens is 2. The van der Waals surface area contributed by atoms with Crippen molar-refractivity contribution in [2.45, 2.75) is 13.0 Å². The van der Waals surface area contributed by atoms with Crippen LogP contribution >= 0.6 is 31.9 Å². The maximum absolute atomic E-state index is 3.57. The van der Waals surface area contributed by atoms with Crippen LogP contribution in [0, 0.1) is 0 Å². The van der Waals surface area contributed by atoms with Gasteiger partial charge in [0.15, 0.2) is 0 Å². The molecule has 2 aromatic rings. The van der Waals surface area contributed by atoms with E-state index in [1.54, 1.807) is 0 Å². The summed E-state index contributed by atoms with van der Waals surface area (Å²) in [5.74, 6) is 0. The molecule has 2 nitrogen and oxygen atoms in total. The van der Waals surface area contributed by atoms with Crippen LogP contribution in [0.2, 0.25) is 0 Å². The van der Waals surface area contributed by atoms with Gasteiger partial charge >= 0.3 is 0 Å². The molecule has 1 heterocycles. The fourth-order valence-electron chi connectivity index (χ4n) is 2.56. The summed E-state index contributed by atoms with van der Waals surface area (Å²) in [5, 5.41) is 3.48. The molecule has 0 aliphatic carbocycles. The minimum atomic E-state index is 0.839. The average Bonchev–Trinajstić information content (AvgIpc) is 2.81. The first kappa shape index (κ1) is 14.0. The fraction of sp³-hybridized carbons (Fsp3) is 0.250. The van der Waals surface area contributed by atoms with E-state index in [4.69, 9.17) is 0 Å². The van der Waals surface area contributed by atoms with Crippen LogP contribution in [0.5, 0.6) is 0 Å². The summed E-state index contributed by atoms with van der Waals surface area (Å²) in [6.07, 6.45) is 1.15. The molecule has 20 heavy (non-hydrogen) atoms. The van der Waals surface area contributed by atoms with Gasteiger partial charge in [-0.05, 0) is 57.7 Å². The average molecular weight is 396 g/mol. The van der Waals surface area contributed by atoms with Gasteiger partial charge in [0.2, 0.25) is 0 Å². The first-order chi connectivity index (χ1) is 9.63. The summed E-state index contributed by atoms with van der Waals surface area (Å²) in [7, 11) is 2.16. The highest BCUT2D eigenvalue weighted by atomic mass is 79.9. The van der Waals surface area contributed by atoms with Gasteiger partial charge in [-0.2, -0.15) is 0 Å². The van der Waals surface area contributed by atoms with Gasteiger partial charge in [0.05, 0.1) is 0 Å². The number of likely N-dealkylation sites (N-methyl/N-ethyl adjacent to an activating group) is 1. The first-order valence-corrected chi connectivity index (χ1v) is 8.24. The van der Waals surface area contributed by atoms with Gasteiger partial charge in [-0.1, -0.05) is 28.1 Å². The van der Waals surface area contributed by atoms with E-state index in [0.29, 0.717) is 0 Å². The number of benzene rings is 2. The fourth-order valence-corrected chi connectivity index (χ4v) is 3.31. The van der Waals surface area contributed by atoms with E-state index >= 15 is 0 Å². The van der Waals surface area contributed by atoms with Gasteiger partial charge in [-0.25, -0.2) is 0 Å². The van der Waals surface area contributed by atoms with E-state index < -0.39 is 0 Å². The minimum absolute atomic E-state index is 0.839. The highest BCUT2D eigenvalue weighted by Gasteiger charge is 2.15. The molecule has 0 bridgehead atoms. The zero-order valence-electron chi connectivity index (χ0n) is 11.3. The number of hydrogen-bond acceptors (Lipinski definition) is 2. The molecular weight excluding hydrogens is 380 g/mol. The SMILES string of the molecule is CN1CCc2cc(CNc3cc(Br)ccc3Br)ccc21. The molecule has 0 fully saturated rings. The molecule has 4 heteroatoms. The Balaban J connectivity index is 1.74. The number of fused-ring (bicyclic) bond motifs is 1. The Kier molecular flexibility index (Phi) is 4.03. The Morgan fingerprint density at radius 2 is 2.00 bits per heavy atom. The quantitative estimate of drug-likeness (QED) is 0.801. The van der Waals surface area contributed by atoms with Crippen molar-refractivity contribution in [3.8, 4) is 0 Å². The molecule has 0 radical (unpaired) electrons. The number of anilines is 2. The number of rotatable bonds is 3. The Bertz CT molecular complexity index is 640. The van der Waals surface area contributed by atoms with Gasteiger partial charge in [-0.3, -0.25) is 0 Å². The van der Waals surface area contributed by atoms with Crippen LogP contribution in [0.15, 0.2) is 45.3 Å². The van der Waals surface area contributed by atoms with Crippen molar-refractivity contribution in [3.05, 3.63) is 56.5 Å². The van der Waals surface area contributed by atoms with Crippen LogP contribution in [0.25, 0.3) is 0 Å². The van der Waals surface area contributed by atoms with E-state index in [2.05, 4.69) is 73.4 Å². The molecule has 1 aliphatic rings. The van der Waals surface area contributed by atoms with E-state index in [-0.39, 0.29) is 0 Å². The van der Waals surface area contributed by atoms with Crippen LogP contribution in [-0.2, 0) is 13.0 Å². The number of hydrogen-bond donors (Lipinski definition) is 1. The molecule has 1 aliphatic heterocycles. The summed E-state index contributed by atoms with van der Waals surface area (Å²) < 4.78 is 2.17. The summed E-state index contributed by atoms with van der Waals surface area (Å²) in [4.78, 5) is 2.32. The molecule has 0 amide bonds. The Morgan fingerprint density at radius 3 is 2.85 bits per heavy atom. The van der Waals surface area contributed by atoms with Crippen LogP contribution < -0.4 is 10.2 Å². The van der Waals surface area contributed by atoms with Crippen LogP contribution in [0.3, 0.4) is 0 Å². The lowest BCUT2D eigenvalue weighted by Crippen LogP contribution is -2.12. The van der Waals surface area contributed by atoms with Crippen molar-refractivity contribution in [2.75, 3.05) is 23.8 Å². The number of nitrogens with zero attached hydrogens (tertiary/aromatic N) is 1. The number of nitrogens with one attached hydrogen (secondary N) is 1. The second-order valence-corrected chi connectivity index (χ2v) is 6.88. The molecule has 0 saturated heterocycles. The maximum atomic E-state index is 3.57. The Morgan fingerprint density at radius 1 is 1.15 bits per heavy atom. The molecular formula is C16H16Br2N2. The largest absolute Gasteiger partial charge is 0.380 e. The normalized spacial score (nSPS) is 13.4. The lowest BCUT2D eigenvalue weighted by molar-refractivity contribution is 0.955. The Labute approximate surface area is 136 Å². The molecule has 3 rings (SSSR count). The van der Waals surface area contributed by atoms with E-state index in [0.717, 1.165) is 34.1 Å². The van der Waals surface area contributed by atoms with E-state index in [9.17, 15) is 0 Å². The zero-order chi connectivity index (χ0) is 14.1. The van der Waals surface area contributed by atoms with Crippen molar-refractivity contribution in [3.63, 3.8) is 0 Å². The highest BCUT2D eigenvalue weighted by molar-refractivity contribution is 9.11. The van der Waals surface area contributed by atoms with Crippen molar-refractivity contribution < 1.29 is 0 Å². The zero-order valence-corrected chi connectivity index (χ0v) is 14.5. The van der Waals surface area contributed by atoms with Gasteiger partial charge in [0.25, 0.3) is 0 Å². The lowest BCUT2D eigenvalue weighted by atomic mass is 10.1. The smallest absolute Gasteiger partial charge is 0.0498 e. The second kappa shape index (κ2) is 5.78. The molecule has 0 atom stereocenters. The van der Waals surface area contributed by atoms with Gasteiger partial charge in [0.1, 0.15) is 0 Å². The third-order valence-electron chi connectivity index (χ3n) is 3.68. The molecule has 0 saturated carbocycles. The first-order valence-electron chi connectivity index (χ1n) is 6.65. The van der Waals surface area contributed by atoms with Gasteiger partial charge < -0.3 is 10.2 Å². The highest BCUT2D eigenvalue weighted by Crippen LogP contribution is 2.29. The maximum Gasteiger partial charge on any atom is 0.0498 e. The predicted molar refractivity (Wildman–Crippen MR) is 92.6 cm³/mol. The lowest BCUT2D eigenvalue weighted by Gasteiger charge is -2.13. The second-order valence-electron chi connectivity index (χ2n) is 5.11. The van der Waals surface area contributed by atoms with Crippen molar-refractivity contribution in [1.82, 2.24) is 0 Å². The summed E-state index contributed by atoms with van der Waals surface area (Å²) in [6, 6.07) is 12.9. The Hall–Kier alpha value is -1.00. The van der Waals surface area contributed by atoms with Crippen molar-refractivity contribution >= 4 is 43.2 Å². The van der Waals surface area contributed by atoms with Crippen LogP contribution in [-0.4, -0.2) is 13.6 Å². The summed E-state index contributed by atoms with van der Waals surface area (Å²) >= 11 is 7.07. The van der Waals surface area contributed by atoms with Gasteiger partial charge in [-0.15, -0.1) is 0 Å². The molecule has 0 spiro atoms. The van der Waals surface area contributed by atoms with Gasteiger partial charge in [0, 0.05) is 40.5 Å².